The highest BCUT2D eigenvalue weighted by atomic mass is 32.2. The molecule has 0 aliphatic rings. The van der Waals surface area contributed by atoms with Crippen LogP contribution in [-0.4, -0.2) is 39.4 Å². The predicted molar refractivity (Wildman–Crippen MR) is 94.3 cm³/mol. The van der Waals surface area contributed by atoms with Crippen LogP contribution in [0.5, 0.6) is 5.75 Å². The van der Waals surface area contributed by atoms with Crippen LogP contribution < -0.4 is 9.84 Å². The van der Waals surface area contributed by atoms with E-state index in [1.807, 2.05) is 0 Å². The van der Waals surface area contributed by atoms with Crippen molar-refractivity contribution in [3.63, 3.8) is 0 Å². The summed E-state index contributed by atoms with van der Waals surface area (Å²) in [6, 6.07) is 7.54. The highest BCUT2D eigenvalue weighted by molar-refractivity contribution is 7.99. The average Bonchev–Trinajstić information content (AvgIpc) is 3.24. The van der Waals surface area contributed by atoms with E-state index in [0.717, 1.165) is 11.8 Å². The molecule has 1 aromatic carbocycles. The first-order valence-corrected chi connectivity index (χ1v) is 8.84. The Balaban J connectivity index is 1.90. The molecule has 0 unspecified atom stereocenters. The number of alkyl halides is 2. The lowest BCUT2D eigenvalue weighted by atomic mass is 10.2. The number of carbonyl (C=O) groups excluding carboxylic acids is 1. The molecule has 0 saturated heterocycles. The Morgan fingerprint density at radius 1 is 1.36 bits per heavy atom. The van der Waals surface area contributed by atoms with Gasteiger partial charge in [0.2, 0.25) is 5.16 Å². The molecule has 0 N–H and O–H groups in total. The first-order valence-electron chi connectivity index (χ1n) is 7.86. The molecule has 2 aromatic heterocycles. The van der Waals surface area contributed by atoms with Crippen molar-refractivity contribution < 1.29 is 27.8 Å². The zero-order valence-corrected chi connectivity index (χ0v) is 15.2. The Morgan fingerprint density at radius 3 is 2.71 bits per heavy atom. The summed E-state index contributed by atoms with van der Waals surface area (Å²) in [7, 11) is 0. The first kappa shape index (κ1) is 19.5. The summed E-state index contributed by atoms with van der Waals surface area (Å²) in [6.07, 6.45) is 2.95. The molecule has 0 fully saturated rings. The first-order chi connectivity index (χ1) is 13.4. The number of carboxylic acids is 1. The van der Waals surface area contributed by atoms with E-state index < -0.39 is 12.6 Å². The molecule has 0 spiro atoms. The lowest BCUT2D eigenvalue weighted by Crippen LogP contribution is -2.24. The number of hydrogen-bond acceptors (Lipinski definition) is 8. The van der Waals surface area contributed by atoms with Crippen molar-refractivity contribution in [3.05, 3.63) is 47.9 Å². The number of benzene rings is 1. The number of nitrogens with zero attached hydrogens (tertiary/aromatic N) is 4. The normalized spacial score (nSPS) is 11.4. The third-order valence-corrected chi connectivity index (χ3v) is 4.35. The van der Waals surface area contributed by atoms with Crippen LogP contribution in [0.15, 0.2) is 51.3 Å². The average molecular weight is 407 g/mol. The van der Waals surface area contributed by atoms with E-state index in [2.05, 4.69) is 20.0 Å². The van der Waals surface area contributed by atoms with E-state index in [1.165, 1.54) is 29.3 Å². The lowest BCUT2D eigenvalue weighted by molar-refractivity contribution is -0.301. The number of ether oxygens (including phenoxy) is 1. The minimum Gasteiger partial charge on any atom is -0.549 e. The molecule has 3 aromatic rings. The molecule has 2 heterocycles. The minimum atomic E-state index is -2.90. The van der Waals surface area contributed by atoms with Gasteiger partial charge in [0.15, 0.2) is 5.82 Å². The van der Waals surface area contributed by atoms with Crippen molar-refractivity contribution in [1.82, 2.24) is 14.9 Å². The van der Waals surface area contributed by atoms with Gasteiger partial charge in [0, 0.05) is 5.75 Å². The molecular weight excluding hydrogens is 394 g/mol. The van der Waals surface area contributed by atoms with Gasteiger partial charge < -0.3 is 19.1 Å². The SMILES string of the molecule is Cc1occc1-c1nnc(SCC(=O)[O-])n1/N=C\c1ccc(OC(F)F)cc1. The number of aliphatic carboxylic acids is 1. The second-order valence-corrected chi connectivity index (χ2v) is 6.30. The molecular formula is C17H13F2N4O4S-. The zero-order chi connectivity index (χ0) is 20.1. The van der Waals surface area contributed by atoms with Crippen molar-refractivity contribution >= 4 is 23.9 Å². The van der Waals surface area contributed by atoms with E-state index in [9.17, 15) is 18.7 Å². The summed E-state index contributed by atoms with van der Waals surface area (Å²) in [5, 5.41) is 23.3. The largest absolute Gasteiger partial charge is 0.549 e. The van der Waals surface area contributed by atoms with Gasteiger partial charge in [0.1, 0.15) is 11.5 Å². The van der Waals surface area contributed by atoms with Crippen LogP contribution >= 0.6 is 11.8 Å². The van der Waals surface area contributed by atoms with E-state index >= 15 is 0 Å². The zero-order valence-electron chi connectivity index (χ0n) is 14.4. The molecule has 0 bridgehead atoms. The molecule has 0 aliphatic heterocycles. The fourth-order valence-electron chi connectivity index (χ4n) is 2.23. The van der Waals surface area contributed by atoms with Crippen LogP contribution in [-0.2, 0) is 4.79 Å². The summed E-state index contributed by atoms with van der Waals surface area (Å²) in [6.45, 7) is -1.16. The predicted octanol–water partition coefficient (Wildman–Crippen LogP) is 2.17. The number of furan rings is 1. The molecule has 3 rings (SSSR count). The van der Waals surface area contributed by atoms with Crippen molar-refractivity contribution in [1.29, 1.82) is 0 Å². The Labute approximate surface area is 161 Å². The molecule has 0 atom stereocenters. The van der Waals surface area contributed by atoms with E-state index in [4.69, 9.17) is 4.42 Å². The second-order valence-electron chi connectivity index (χ2n) is 5.36. The van der Waals surface area contributed by atoms with Gasteiger partial charge in [-0.15, -0.1) is 10.2 Å². The Hall–Kier alpha value is -3.21. The van der Waals surface area contributed by atoms with Gasteiger partial charge in [-0.2, -0.15) is 18.6 Å². The van der Waals surface area contributed by atoms with Gasteiger partial charge in [-0.1, -0.05) is 11.8 Å². The highest BCUT2D eigenvalue weighted by Gasteiger charge is 2.17. The van der Waals surface area contributed by atoms with Crippen molar-refractivity contribution in [3.8, 4) is 17.1 Å². The fraction of sp³-hybridized carbons (Fsp3) is 0.176. The number of halogens is 2. The van der Waals surface area contributed by atoms with Crippen molar-refractivity contribution in [2.75, 3.05) is 5.75 Å². The fourth-order valence-corrected chi connectivity index (χ4v) is 2.83. The van der Waals surface area contributed by atoms with E-state index in [0.29, 0.717) is 22.7 Å². The number of thioether (sulfide) groups is 1. The van der Waals surface area contributed by atoms with Crippen molar-refractivity contribution in [2.45, 2.75) is 18.7 Å². The number of rotatable bonds is 8. The van der Waals surface area contributed by atoms with Gasteiger partial charge >= 0.3 is 6.61 Å². The van der Waals surface area contributed by atoms with Gasteiger partial charge in [0.05, 0.1) is 24.0 Å². The number of carbonyl (C=O) groups is 1. The van der Waals surface area contributed by atoms with Crippen LogP contribution in [0.3, 0.4) is 0 Å². The molecule has 11 heteroatoms. The van der Waals surface area contributed by atoms with E-state index in [-0.39, 0.29) is 16.7 Å². The Bertz CT molecular complexity index is 985. The molecule has 146 valence electrons. The quantitative estimate of drug-likeness (QED) is 0.416. The topological polar surface area (TPSA) is 106 Å². The van der Waals surface area contributed by atoms with Gasteiger partial charge in [-0.25, -0.2) is 0 Å². The number of aryl methyl sites for hydroxylation is 1. The summed E-state index contributed by atoms with van der Waals surface area (Å²) < 4.78 is 35.4. The minimum absolute atomic E-state index is 0.0244. The Kier molecular flexibility index (Phi) is 6.04. The summed E-state index contributed by atoms with van der Waals surface area (Å²) in [5.41, 5.74) is 1.24. The van der Waals surface area contributed by atoms with Gasteiger partial charge in [-0.05, 0) is 42.8 Å². The maximum atomic E-state index is 12.2. The van der Waals surface area contributed by atoms with Crippen LogP contribution in [0.1, 0.15) is 11.3 Å². The highest BCUT2D eigenvalue weighted by Crippen LogP contribution is 2.27. The van der Waals surface area contributed by atoms with Gasteiger partial charge in [-0.3, -0.25) is 0 Å². The summed E-state index contributed by atoms with van der Waals surface area (Å²) >= 11 is 0.903. The number of hydrogen-bond donors (Lipinski definition) is 0. The van der Waals surface area contributed by atoms with Gasteiger partial charge in [0.25, 0.3) is 0 Å². The molecule has 0 radical (unpaired) electrons. The molecule has 0 aliphatic carbocycles. The van der Waals surface area contributed by atoms with Crippen molar-refractivity contribution in [2.24, 2.45) is 5.10 Å². The standard InChI is InChI=1S/C17H14F2N4O4S/c1-10-13(6-7-26-10)15-21-22-17(28-9-14(24)25)23(15)20-8-11-2-4-12(5-3-11)27-16(18)19/h2-8,16H,9H2,1H3,(H,24,25)/p-1/b20-8-. The van der Waals surface area contributed by atoms with Crippen LogP contribution in [0.25, 0.3) is 11.4 Å². The third kappa shape index (κ3) is 4.74. The summed E-state index contributed by atoms with van der Waals surface area (Å²) in [4.78, 5) is 10.8. The van der Waals surface area contributed by atoms with Crippen LogP contribution in [0, 0.1) is 6.92 Å². The number of aromatic nitrogens is 3. The molecule has 8 nitrogen and oxygen atoms in total. The molecule has 28 heavy (non-hydrogen) atoms. The van der Waals surface area contributed by atoms with E-state index in [1.54, 1.807) is 25.1 Å². The summed E-state index contributed by atoms with van der Waals surface area (Å²) in [5.74, 6) is -0.595. The third-order valence-electron chi connectivity index (χ3n) is 3.46. The smallest absolute Gasteiger partial charge is 0.387 e. The van der Waals surface area contributed by atoms with Crippen LogP contribution in [0.2, 0.25) is 0 Å². The Morgan fingerprint density at radius 2 is 2.11 bits per heavy atom. The molecule has 0 saturated carbocycles. The maximum Gasteiger partial charge on any atom is 0.387 e. The number of carboxylic acid groups (broad SMARTS) is 1. The maximum absolute atomic E-state index is 12.2. The lowest BCUT2D eigenvalue weighted by Gasteiger charge is -2.05. The molecule has 0 amide bonds. The second kappa shape index (κ2) is 8.65. The van der Waals surface area contributed by atoms with Crippen LogP contribution in [0.4, 0.5) is 8.78 Å². The monoisotopic (exact) mass is 407 g/mol.